The number of hydrogen-bond acceptors (Lipinski definition) is 5. The molecule has 1 aromatic heterocycles. The van der Waals surface area contributed by atoms with Crippen LogP contribution in [0.25, 0.3) is 0 Å². The lowest BCUT2D eigenvalue weighted by Crippen LogP contribution is -2.45. The normalized spacial score (nSPS) is 17.8. The van der Waals surface area contributed by atoms with Crippen molar-refractivity contribution >= 4 is 18.4 Å². The molecule has 136 valence electrons. The van der Waals surface area contributed by atoms with Crippen LogP contribution in [-0.4, -0.2) is 37.6 Å². The number of halogens is 1. The third-order valence-corrected chi connectivity index (χ3v) is 4.56. The zero-order valence-corrected chi connectivity index (χ0v) is 15.5. The fraction of sp³-hybridized carbons (Fsp3) is 0.421. The molecule has 1 aliphatic heterocycles. The van der Waals surface area contributed by atoms with Gasteiger partial charge in [-0.1, -0.05) is 31.2 Å². The number of nitrogens with zero attached hydrogens (tertiary/aromatic N) is 1. The van der Waals surface area contributed by atoms with Crippen LogP contribution in [0.3, 0.4) is 0 Å². The van der Waals surface area contributed by atoms with Gasteiger partial charge in [-0.2, -0.15) is 0 Å². The molecule has 2 aromatic rings. The van der Waals surface area contributed by atoms with Gasteiger partial charge in [0.05, 0.1) is 19.2 Å². The first-order chi connectivity index (χ1) is 11.7. The predicted molar refractivity (Wildman–Crippen MR) is 99.1 cm³/mol. The summed E-state index contributed by atoms with van der Waals surface area (Å²) in [5.74, 6) is 0.421. The minimum Gasteiger partial charge on any atom is -0.467 e. The van der Waals surface area contributed by atoms with Crippen LogP contribution in [0.4, 0.5) is 0 Å². The molecule has 25 heavy (non-hydrogen) atoms. The summed E-state index contributed by atoms with van der Waals surface area (Å²) in [5.41, 5.74) is 3.12. The fourth-order valence-electron chi connectivity index (χ4n) is 3.13. The van der Waals surface area contributed by atoms with E-state index in [0.717, 1.165) is 31.8 Å². The number of carbonyl (C=O) groups is 1. The highest BCUT2D eigenvalue weighted by atomic mass is 35.5. The molecule has 0 aliphatic carbocycles. The van der Waals surface area contributed by atoms with Gasteiger partial charge >= 0.3 is 5.97 Å². The highest BCUT2D eigenvalue weighted by Gasteiger charge is 2.25. The van der Waals surface area contributed by atoms with E-state index < -0.39 is 0 Å². The van der Waals surface area contributed by atoms with E-state index in [9.17, 15) is 4.79 Å². The number of nitrogens with one attached hydrogen (secondary N) is 1. The number of ether oxygens (including phenoxy) is 1. The third kappa shape index (κ3) is 4.63. The Hall–Kier alpha value is -1.82. The van der Waals surface area contributed by atoms with Crippen molar-refractivity contribution in [2.45, 2.75) is 25.9 Å². The Balaban J connectivity index is 0.00000225. The zero-order chi connectivity index (χ0) is 16.9. The van der Waals surface area contributed by atoms with Crippen molar-refractivity contribution in [2.24, 2.45) is 0 Å². The lowest BCUT2D eigenvalue weighted by molar-refractivity contribution is 0.0600. The van der Waals surface area contributed by atoms with Gasteiger partial charge in [0.15, 0.2) is 0 Å². The summed E-state index contributed by atoms with van der Waals surface area (Å²) < 4.78 is 10.3. The summed E-state index contributed by atoms with van der Waals surface area (Å²) in [6.07, 6.45) is 2.52. The van der Waals surface area contributed by atoms with E-state index in [-0.39, 0.29) is 18.4 Å². The Kier molecular flexibility index (Phi) is 7.05. The molecule has 1 fully saturated rings. The molecule has 0 radical (unpaired) electrons. The SMILES string of the molecule is CCc1ccc(C2CNCCN2Cc2cc(C(=O)OC)co2)cc1.Cl. The van der Waals surface area contributed by atoms with E-state index in [1.54, 1.807) is 6.07 Å². The van der Waals surface area contributed by atoms with Gasteiger partial charge in [0.2, 0.25) is 0 Å². The van der Waals surface area contributed by atoms with Crippen molar-refractivity contribution in [3.05, 3.63) is 59.0 Å². The van der Waals surface area contributed by atoms with Gasteiger partial charge in [0.1, 0.15) is 12.0 Å². The van der Waals surface area contributed by atoms with Gasteiger partial charge in [-0.05, 0) is 23.6 Å². The smallest absolute Gasteiger partial charge is 0.341 e. The van der Waals surface area contributed by atoms with Gasteiger partial charge in [-0.3, -0.25) is 4.90 Å². The average Bonchev–Trinajstić information content (AvgIpc) is 3.10. The number of piperazine rings is 1. The first-order valence-electron chi connectivity index (χ1n) is 8.40. The van der Waals surface area contributed by atoms with Gasteiger partial charge in [0, 0.05) is 25.7 Å². The minimum absolute atomic E-state index is 0. The molecule has 1 aliphatic rings. The number of esters is 1. The largest absolute Gasteiger partial charge is 0.467 e. The highest BCUT2D eigenvalue weighted by Crippen LogP contribution is 2.25. The molecular formula is C19H25ClN2O3. The van der Waals surface area contributed by atoms with Crippen LogP contribution in [-0.2, 0) is 17.7 Å². The minimum atomic E-state index is -0.364. The molecule has 1 unspecified atom stereocenters. The topological polar surface area (TPSA) is 54.7 Å². The van der Waals surface area contributed by atoms with Gasteiger partial charge < -0.3 is 14.5 Å². The first kappa shape index (κ1) is 19.5. The van der Waals surface area contributed by atoms with E-state index in [4.69, 9.17) is 9.15 Å². The summed E-state index contributed by atoms with van der Waals surface area (Å²) in [6.45, 7) is 5.65. The second-order valence-electron chi connectivity index (χ2n) is 6.08. The number of hydrogen-bond donors (Lipinski definition) is 1. The van der Waals surface area contributed by atoms with Gasteiger partial charge in [-0.15, -0.1) is 12.4 Å². The summed E-state index contributed by atoms with van der Waals surface area (Å²) in [7, 11) is 1.38. The molecule has 2 heterocycles. The summed E-state index contributed by atoms with van der Waals surface area (Å²) in [5, 5.41) is 3.46. The number of benzene rings is 1. The van der Waals surface area contributed by atoms with Gasteiger partial charge in [-0.25, -0.2) is 4.79 Å². The van der Waals surface area contributed by atoms with Gasteiger partial charge in [0.25, 0.3) is 0 Å². The van der Waals surface area contributed by atoms with Crippen molar-refractivity contribution in [2.75, 3.05) is 26.7 Å². The summed E-state index contributed by atoms with van der Waals surface area (Å²) >= 11 is 0. The molecule has 0 bridgehead atoms. The molecule has 1 saturated heterocycles. The van der Waals surface area contributed by atoms with Crippen LogP contribution in [0, 0.1) is 0 Å². The van der Waals surface area contributed by atoms with Crippen LogP contribution < -0.4 is 5.32 Å². The molecule has 1 aromatic carbocycles. The van der Waals surface area contributed by atoms with E-state index in [2.05, 4.69) is 41.4 Å². The molecule has 0 amide bonds. The molecule has 6 heteroatoms. The van der Waals surface area contributed by atoms with Crippen LogP contribution >= 0.6 is 12.4 Å². The van der Waals surface area contributed by atoms with Crippen LogP contribution in [0.2, 0.25) is 0 Å². The molecule has 0 saturated carbocycles. The molecule has 3 rings (SSSR count). The van der Waals surface area contributed by atoms with Crippen molar-refractivity contribution in [3.63, 3.8) is 0 Å². The predicted octanol–water partition coefficient (Wildman–Crippen LogP) is 3.20. The number of methoxy groups -OCH3 is 1. The maximum Gasteiger partial charge on any atom is 0.341 e. The molecule has 0 spiro atoms. The monoisotopic (exact) mass is 364 g/mol. The number of rotatable bonds is 5. The maximum absolute atomic E-state index is 11.6. The van der Waals surface area contributed by atoms with E-state index in [1.807, 2.05) is 0 Å². The van der Waals surface area contributed by atoms with Crippen LogP contribution in [0.5, 0.6) is 0 Å². The Bertz CT molecular complexity index is 684. The Morgan fingerprint density at radius 3 is 2.80 bits per heavy atom. The Morgan fingerprint density at radius 2 is 2.12 bits per heavy atom. The van der Waals surface area contributed by atoms with Crippen LogP contribution in [0.1, 0.15) is 40.2 Å². The highest BCUT2D eigenvalue weighted by molar-refractivity contribution is 5.88. The summed E-state index contributed by atoms with van der Waals surface area (Å²) in [4.78, 5) is 13.9. The first-order valence-corrected chi connectivity index (χ1v) is 8.40. The Morgan fingerprint density at radius 1 is 1.36 bits per heavy atom. The summed E-state index contributed by atoms with van der Waals surface area (Å²) in [6, 6.07) is 10.9. The Labute approximate surface area is 154 Å². The second-order valence-corrected chi connectivity index (χ2v) is 6.08. The second kappa shape index (κ2) is 9.04. The zero-order valence-electron chi connectivity index (χ0n) is 14.7. The lowest BCUT2D eigenvalue weighted by Gasteiger charge is -2.36. The average molecular weight is 365 g/mol. The van der Waals surface area contributed by atoms with E-state index >= 15 is 0 Å². The van der Waals surface area contributed by atoms with E-state index in [1.165, 1.54) is 24.5 Å². The fourth-order valence-corrected chi connectivity index (χ4v) is 3.13. The molecular weight excluding hydrogens is 340 g/mol. The number of aryl methyl sites for hydroxylation is 1. The quantitative estimate of drug-likeness (QED) is 0.826. The number of furan rings is 1. The molecule has 1 atom stereocenters. The maximum atomic E-state index is 11.6. The van der Waals surface area contributed by atoms with Crippen molar-refractivity contribution in [1.29, 1.82) is 0 Å². The molecule has 1 N–H and O–H groups in total. The van der Waals surface area contributed by atoms with Crippen molar-refractivity contribution in [3.8, 4) is 0 Å². The van der Waals surface area contributed by atoms with Crippen LogP contribution in [0.15, 0.2) is 41.0 Å². The number of carbonyl (C=O) groups excluding carboxylic acids is 1. The standard InChI is InChI=1S/C19H24N2O3.ClH/c1-3-14-4-6-15(7-5-14)18-11-20-8-9-21(18)12-17-10-16(13-24-17)19(22)23-2;/h4-7,10,13,18,20H,3,8-9,11-12H2,1-2H3;1H. The van der Waals surface area contributed by atoms with Crippen molar-refractivity contribution in [1.82, 2.24) is 10.2 Å². The van der Waals surface area contributed by atoms with Crippen molar-refractivity contribution < 1.29 is 13.9 Å². The third-order valence-electron chi connectivity index (χ3n) is 4.56. The van der Waals surface area contributed by atoms with E-state index in [0.29, 0.717) is 18.2 Å². The molecule has 5 nitrogen and oxygen atoms in total. The lowest BCUT2D eigenvalue weighted by atomic mass is 10.0.